The number of carbonyl (C=O) groups excluding carboxylic acids is 1. The second-order valence-electron chi connectivity index (χ2n) is 8.46. The van der Waals surface area contributed by atoms with Gasteiger partial charge in [0.25, 0.3) is 10.0 Å². The lowest BCUT2D eigenvalue weighted by Gasteiger charge is -2.21. The number of amides is 1. The van der Waals surface area contributed by atoms with E-state index in [9.17, 15) is 13.2 Å². The van der Waals surface area contributed by atoms with E-state index in [0.29, 0.717) is 42.7 Å². The highest BCUT2D eigenvalue weighted by molar-refractivity contribution is 7.90. The van der Waals surface area contributed by atoms with E-state index < -0.39 is 10.0 Å². The molecule has 1 aromatic rings. The van der Waals surface area contributed by atoms with Crippen molar-refractivity contribution in [2.75, 3.05) is 11.9 Å². The summed E-state index contributed by atoms with van der Waals surface area (Å²) in [6.45, 7) is 0.664. The Kier molecular flexibility index (Phi) is 5.71. The molecule has 0 aromatic heterocycles. The summed E-state index contributed by atoms with van der Waals surface area (Å²) in [6, 6.07) is 6.47. The summed E-state index contributed by atoms with van der Waals surface area (Å²) in [4.78, 5) is 17.0. The highest BCUT2D eigenvalue weighted by atomic mass is 32.2. The van der Waals surface area contributed by atoms with Gasteiger partial charge in [0, 0.05) is 25.1 Å². The van der Waals surface area contributed by atoms with E-state index in [1.54, 1.807) is 18.2 Å². The van der Waals surface area contributed by atoms with E-state index in [4.69, 9.17) is 0 Å². The maximum Gasteiger partial charge on any atom is 0.262 e. The van der Waals surface area contributed by atoms with Crippen molar-refractivity contribution in [2.24, 2.45) is 22.7 Å². The first-order valence-electron chi connectivity index (χ1n) is 10.5. The lowest BCUT2D eigenvalue weighted by Crippen LogP contribution is -2.30. The Balaban J connectivity index is 1.39. The molecule has 2 aliphatic carbocycles. The predicted octanol–water partition coefficient (Wildman–Crippen LogP) is 3.70. The van der Waals surface area contributed by atoms with Gasteiger partial charge in [0.15, 0.2) is 0 Å². The van der Waals surface area contributed by atoms with Crippen molar-refractivity contribution in [1.29, 1.82) is 0 Å². The van der Waals surface area contributed by atoms with Crippen LogP contribution in [0.2, 0.25) is 0 Å². The van der Waals surface area contributed by atoms with E-state index >= 15 is 0 Å². The van der Waals surface area contributed by atoms with E-state index in [1.165, 1.54) is 31.7 Å². The number of sulfonamides is 1. The van der Waals surface area contributed by atoms with Gasteiger partial charge in [-0.2, -0.15) is 0 Å². The number of fused-ring (bicyclic) bond motifs is 2. The van der Waals surface area contributed by atoms with Crippen LogP contribution in [-0.4, -0.2) is 26.7 Å². The number of hydrogen-bond acceptors (Lipinski definition) is 4. The molecule has 1 amide bonds. The van der Waals surface area contributed by atoms with Gasteiger partial charge in [0.2, 0.25) is 5.91 Å². The fraction of sp³-hybridized carbons (Fsp3) is 0.619. The Morgan fingerprint density at radius 2 is 2.04 bits per heavy atom. The summed E-state index contributed by atoms with van der Waals surface area (Å²) in [5.41, 5.74) is 0.527. The van der Waals surface area contributed by atoms with Crippen LogP contribution in [0.25, 0.3) is 0 Å². The number of benzene rings is 1. The summed E-state index contributed by atoms with van der Waals surface area (Å²) in [7, 11) is -3.70. The van der Waals surface area contributed by atoms with Gasteiger partial charge >= 0.3 is 0 Å². The molecule has 3 aliphatic rings. The van der Waals surface area contributed by atoms with E-state index in [1.807, 2.05) is 0 Å². The first-order valence-corrected chi connectivity index (χ1v) is 11.9. The molecule has 3 unspecified atom stereocenters. The third-order valence-electron chi connectivity index (χ3n) is 6.39. The molecule has 1 heterocycles. The van der Waals surface area contributed by atoms with Crippen molar-refractivity contribution in [3.63, 3.8) is 0 Å². The molecule has 2 saturated carbocycles. The average Bonchev–Trinajstić information content (AvgIpc) is 3.18. The fourth-order valence-electron chi connectivity index (χ4n) is 4.99. The first kappa shape index (κ1) is 19.4. The van der Waals surface area contributed by atoms with Gasteiger partial charge in [-0.3, -0.25) is 14.5 Å². The minimum absolute atomic E-state index is 0.0202. The summed E-state index contributed by atoms with van der Waals surface area (Å²) >= 11 is 0. The largest absolute Gasteiger partial charge is 0.326 e. The molecule has 2 fully saturated rings. The molecule has 3 atom stereocenters. The van der Waals surface area contributed by atoms with Gasteiger partial charge < -0.3 is 5.32 Å². The van der Waals surface area contributed by atoms with Crippen LogP contribution in [0.5, 0.6) is 0 Å². The summed E-state index contributed by atoms with van der Waals surface area (Å²) in [5.74, 6) is 2.51. The predicted molar refractivity (Wildman–Crippen MR) is 110 cm³/mol. The molecule has 7 heteroatoms. The number of nitrogens with zero attached hydrogens (tertiary/aromatic N) is 1. The third kappa shape index (κ3) is 4.57. The van der Waals surface area contributed by atoms with Gasteiger partial charge in [0.1, 0.15) is 5.84 Å². The van der Waals surface area contributed by atoms with Gasteiger partial charge in [-0.05, 0) is 68.1 Å². The SMILES string of the molecule is O=C(CC1CC2CCC1C2)Nc1cccc(S(=O)(=O)NC2=NCCCCC2)c1. The van der Waals surface area contributed by atoms with Gasteiger partial charge in [-0.1, -0.05) is 18.9 Å². The Morgan fingerprint density at radius 3 is 2.82 bits per heavy atom. The van der Waals surface area contributed by atoms with Crippen molar-refractivity contribution in [3.05, 3.63) is 24.3 Å². The Labute approximate surface area is 167 Å². The molecule has 152 valence electrons. The van der Waals surface area contributed by atoms with E-state index in [-0.39, 0.29) is 10.8 Å². The number of aliphatic imine (C=N–C) groups is 1. The minimum Gasteiger partial charge on any atom is -0.326 e. The zero-order valence-electron chi connectivity index (χ0n) is 16.2. The van der Waals surface area contributed by atoms with E-state index in [2.05, 4.69) is 15.0 Å². The maximum atomic E-state index is 12.7. The second kappa shape index (κ2) is 8.23. The molecule has 2 N–H and O–H groups in total. The summed E-state index contributed by atoms with van der Waals surface area (Å²) in [6.07, 6.45) is 9.22. The molecule has 0 spiro atoms. The molecule has 4 rings (SSSR count). The van der Waals surface area contributed by atoms with Gasteiger partial charge in [0.05, 0.1) is 4.90 Å². The maximum absolute atomic E-state index is 12.7. The highest BCUT2D eigenvalue weighted by Crippen LogP contribution is 2.49. The Morgan fingerprint density at radius 1 is 1.14 bits per heavy atom. The van der Waals surface area contributed by atoms with Crippen LogP contribution in [0.1, 0.15) is 57.8 Å². The lowest BCUT2D eigenvalue weighted by molar-refractivity contribution is -0.117. The van der Waals surface area contributed by atoms with Crippen LogP contribution < -0.4 is 10.0 Å². The lowest BCUT2D eigenvalue weighted by atomic mass is 9.86. The zero-order valence-corrected chi connectivity index (χ0v) is 17.0. The molecule has 0 saturated heterocycles. The Bertz CT molecular complexity index is 865. The fourth-order valence-corrected chi connectivity index (χ4v) is 6.12. The van der Waals surface area contributed by atoms with Crippen LogP contribution >= 0.6 is 0 Å². The number of hydrogen-bond donors (Lipinski definition) is 2. The third-order valence-corrected chi connectivity index (χ3v) is 7.77. The van der Waals surface area contributed by atoms with Crippen molar-refractivity contribution < 1.29 is 13.2 Å². The number of nitrogens with one attached hydrogen (secondary N) is 2. The smallest absolute Gasteiger partial charge is 0.262 e. The van der Waals surface area contributed by atoms with Crippen LogP contribution in [0.15, 0.2) is 34.2 Å². The summed E-state index contributed by atoms with van der Waals surface area (Å²) < 4.78 is 28.0. The monoisotopic (exact) mass is 403 g/mol. The summed E-state index contributed by atoms with van der Waals surface area (Å²) in [5, 5.41) is 2.89. The Hall–Kier alpha value is -1.89. The molecular formula is C21H29N3O3S. The minimum atomic E-state index is -3.70. The number of carbonyl (C=O) groups is 1. The topological polar surface area (TPSA) is 87.6 Å². The molecule has 28 heavy (non-hydrogen) atoms. The standard InChI is InChI=1S/C21H29N3O3S/c25-21(13-17-12-15-8-9-16(17)11-15)23-18-5-4-6-19(14-18)28(26,27)24-20-7-2-1-3-10-22-20/h4-6,14-17H,1-3,7-13H2,(H,22,24)(H,23,25). The molecule has 1 aromatic carbocycles. The van der Waals surface area contributed by atoms with Crippen molar-refractivity contribution in [3.8, 4) is 0 Å². The second-order valence-corrected chi connectivity index (χ2v) is 10.1. The highest BCUT2D eigenvalue weighted by Gasteiger charge is 2.40. The molecule has 1 aliphatic heterocycles. The molecule has 2 bridgehead atoms. The molecule has 0 radical (unpaired) electrons. The number of anilines is 1. The van der Waals surface area contributed by atoms with Gasteiger partial charge in [-0.15, -0.1) is 0 Å². The van der Waals surface area contributed by atoms with Crippen LogP contribution in [0.4, 0.5) is 5.69 Å². The van der Waals surface area contributed by atoms with Crippen LogP contribution in [0, 0.1) is 17.8 Å². The number of amidine groups is 1. The van der Waals surface area contributed by atoms with E-state index in [0.717, 1.165) is 25.2 Å². The van der Waals surface area contributed by atoms with Gasteiger partial charge in [-0.25, -0.2) is 8.42 Å². The van der Waals surface area contributed by atoms with Crippen LogP contribution in [0.3, 0.4) is 0 Å². The normalized spacial score (nSPS) is 27.1. The number of rotatable bonds is 5. The van der Waals surface area contributed by atoms with Crippen LogP contribution in [-0.2, 0) is 14.8 Å². The van der Waals surface area contributed by atoms with Crippen molar-refractivity contribution >= 4 is 27.5 Å². The molecular weight excluding hydrogens is 374 g/mol. The average molecular weight is 404 g/mol. The van der Waals surface area contributed by atoms with Crippen molar-refractivity contribution in [1.82, 2.24) is 4.72 Å². The van der Waals surface area contributed by atoms with Crippen molar-refractivity contribution in [2.45, 2.75) is 62.7 Å². The first-order chi connectivity index (χ1) is 13.5. The quantitative estimate of drug-likeness (QED) is 0.786. The molecule has 6 nitrogen and oxygen atoms in total. The zero-order chi connectivity index (χ0) is 19.6.